The van der Waals surface area contributed by atoms with Crippen LogP contribution in [0.2, 0.25) is 5.15 Å². The third-order valence-corrected chi connectivity index (χ3v) is 1.98. The number of nitrogens with zero attached hydrogens (tertiary/aromatic N) is 1. The van der Waals surface area contributed by atoms with Crippen molar-refractivity contribution in [2.24, 2.45) is 0 Å². The zero-order valence-electron chi connectivity index (χ0n) is 8.43. The molecule has 0 unspecified atom stereocenters. The standard InChI is InChI=1S/C10H11ClF3NO/c11-9-4-1-3-8(15-9)7-16-6-2-5-10(12,13)14/h1,3-4H,2,5-7H2. The fourth-order valence-electron chi connectivity index (χ4n) is 1.08. The topological polar surface area (TPSA) is 22.1 Å². The SMILES string of the molecule is FC(F)(F)CCCOCc1cccc(Cl)n1. The second kappa shape index (κ2) is 6.06. The van der Waals surface area contributed by atoms with Gasteiger partial charge < -0.3 is 4.74 Å². The van der Waals surface area contributed by atoms with E-state index in [1.54, 1.807) is 18.2 Å². The fourth-order valence-corrected chi connectivity index (χ4v) is 1.26. The molecule has 0 aliphatic rings. The van der Waals surface area contributed by atoms with Crippen LogP contribution < -0.4 is 0 Å². The second-order valence-corrected chi connectivity index (χ2v) is 3.61. The Hall–Kier alpha value is -0.810. The first-order valence-corrected chi connectivity index (χ1v) is 5.11. The van der Waals surface area contributed by atoms with E-state index in [1.807, 2.05) is 0 Å². The molecule has 0 fully saturated rings. The molecule has 0 spiro atoms. The summed E-state index contributed by atoms with van der Waals surface area (Å²) < 4.78 is 40.4. The Kier molecular flexibility index (Phi) is 5.02. The van der Waals surface area contributed by atoms with E-state index in [2.05, 4.69) is 4.98 Å². The van der Waals surface area contributed by atoms with Crippen LogP contribution in [-0.2, 0) is 11.3 Å². The quantitative estimate of drug-likeness (QED) is 0.591. The maximum absolute atomic E-state index is 11.8. The van der Waals surface area contributed by atoms with Gasteiger partial charge in [0, 0.05) is 13.0 Å². The summed E-state index contributed by atoms with van der Waals surface area (Å²) in [6.45, 7) is 0.242. The number of hydrogen-bond acceptors (Lipinski definition) is 2. The molecule has 0 N–H and O–H groups in total. The van der Waals surface area contributed by atoms with Gasteiger partial charge in [-0.1, -0.05) is 17.7 Å². The first-order valence-electron chi connectivity index (χ1n) is 4.73. The molecule has 1 heterocycles. The molecule has 0 saturated heterocycles. The van der Waals surface area contributed by atoms with Gasteiger partial charge in [0.2, 0.25) is 0 Å². The van der Waals surface area contributed by atoms with E-state index >= 15 is 0 Å². The van der Waals surface area contributed by atoms with Crippen molar-refractivity contribution in [3.63, 3.8) is 0 Å². The van der Waals surface area contributed by atoms with Crippen molar-refractivity contribution in [2.75, 3.05) is 6.61 Å². The van der Waals surface area contributed by atoms with Crippen LogP contribution in [0.4, 0.5) is 13.2 Å². The van der Waals surface area contributed by atoms with Gasteiger partial charge in [-0.2, -0.15) is 13.2 Å². The average Bonchev–Trinajstić information content (AvgIpc) is 2.15. The third kappa shape index (κ3) is 5.92. The highest BCUT2D eigenvalue weighted by atomic mass is 35.5. The van der Waals surface area contributed by atoms with E-state index in [0.717, 1.165) is 0 Å². The van der Waals surface area contributed by atoms with E-state index in [4.69, 9.17) is 16.3 Å². The van der Waals surface area contributed by atoms with Crippen molar-refractivity contribution in [1.82, 2.24) is 4.98 Å². The zero-order chi connectivity index (χ0) is 12.0. The minimum atomic E-state index is -4.11. The molecule has 1 rings (SSSR count). The summed E-state index contributed by atoms with van der Waals surface area (Å²) in [5.41, 5.74) is 0.611. The number of aromatic nitrogens is 1. The minimum absolute atomic E-state index is 0.0376. The number of halogens is 4. The molecule has 2 nitrogen and oxygen atoms in total. The highest BCUT2D eigenvalue weighted by molar-refractivity contribution is 6.29. The average molecular weight is 254 g/mol. The number of alkyl halides is 3. The summed E-state index contributed by atoms with van der Waals surface area (Å²) in [6, 6.07) is 5.04. The van der Waals surface area contributed by atoms with Gasteiger partial charge in [-0.05, 0) is 18.6 Å². The smallest absolute Gasteiger partial charge is 0.375 e. The zero-order valence-corrected chi connectivity index (χ0v) is 9.18. The lowest BCUT2D eigenvalue weighted by atomic mass is 10.3. The van der Waals surface area contributed by atoms with Crippen molar-refractivity contribution >= 4 is 11.6 Å². The van der Waals surface area contributed by atoms with Gasteiger partial charge in [0.25, 0.3) is 0 Å². The van der Waals surface area contributed by atoms with Crippen molar-refractivity contribution in [2.45, 2.75) is 25.6 Å². The summed E-state index contributed by atoms with van der Waals surface area (Å²) in [5, 5.41) is 0.344. The van der Waals surface area contributed by atoms with E-state index in [-0.39, 0.29) is 19.6 Å². The molecular weight excluding hydrogens is 243 g/mol. The van der Waals surface area contributed by atoms with Gasteiger partial charge in [0.05, 0.1) is 12.3 Å². The molecule has 0 saturated carbocycles. The summed E-state index contributed by atoms with van der Waals surface area (Å²) in [5.74, 6) is 0. The van der Waals surface area contributed by atoms with Gasteiger partial charge in [-0.3, -0.25) is 0 Å². The van der Waals surface area contributed by atoms with Crippen LogP contribution in [-0.4, -0.2) is 17.8 Å². The summed E-state index contributed by atoms with van der Waals surface area (Å²) >= 11 is 5.63. The molecular formula is C10H11ClF3NO. The lowest BCUT2D eigenvalue weighted by Crippen LogP contribution is -2.08. The van der Waals surface area contributed by atoms with Crippen LogP contribution >= 0.6 is 11.6 Å². The summed E-state index contributed by atoms with van der Waals surface area (Å²) in [7, 11) is 0. The van der Waals surface area contributed by atoms with E-state index < -0.39 is 12.6 Å². The molecule has 0 aliphatic carbocycles. The highest BCUT2D eigenvalue weighted by Gasteiger charge is 2.25. The molecule has 0 bridgehead atoms. The lowest BCUT2D eigenvalue weighted by molar-refractivity contribution is -0.138. The fraction of sp³-hybridized carbons (Fsp3) is 0.500. The van der Waals surface area contributed by atoms with Crippen LogP contribution in [0.3, 0.4) is 0 Å². The maximum atomic E-state index is 11.8. The van der Waals surface area contributed by atoms with Crippen molar-refractivity contribution < 1.29 is 17.9 Å². The molecule has 1 aromatic heterocycles. The van der Waals surface area contributed by atoms with Crippen LogP contribution in [0.15, 0.2) is 18.2 Å². The van der Waals surface area contributed by atoms with Crippen LogP contribution in [0, 0.1) is 0 Å². The Bertz CT molecular complexity index is 330. The highest BCUT2D eigenvalue weighted by Crippen LogP contribution is 2.21. The molecule has 0 amide bonds. The molecule has 0 radical (unpaired) electrons. The van der Waals surface area contributed by atoms with Crippen molar-refractivity contribution in [3.05, 3.63) is 29.0 Å². The third-order valence-electron chi connectivity index (χ3n) is 1.77. The first kappa shape index (κ1) is 13.3. The molecule has 16 heavy (non-hydrogen) atoms. The monoisotopic (exact) mass is 253 g/mol. The number of pyridine rings is 1. The van der Waals surface area contributed by atoms with E-state index in [9.17, 15) is 13.2 Å². The molecule has 0 aromatic carbocycles. The second-order valence-electron chi connectivity index (χ2n) is 3.22. The Morgan fingerprint density at radius 2 is 2.06 bits per heavy atom. The Morgan fingerprint density at radius 1 is 1.31 bits per heavy atom. The predicted molar refractivity (Wildman–Crippen MR) is 54.2 cm³/mol. The first-order chi connectivity index (χ1) is 7.47. The molecule has 6 heteroatoms. The number of hydrogen-bond donors (Lipinski definition) is 0. The predicted octanol–water partition coefficient (Wildman–Crippen LogP) is 3.59. The molecule has 90 valence electrons. The van der Waals surface area contributed by atoms with E-state index in [0.29, 0.717) is 10.8 Å². The van der Waals surface area contributed by atoms with Gasteiger partial charge in [0.1, 0.15) is 5.15 Å². The van der Waals surface area contributed by atoms with Gasteiger partial charge in [-0.25, -0.2) is 4.98 Å². The van der Waals surface area contributed by atoms with Crippen LogP contribution in [0.25, 0.3) is 0 Å². The van der Waals surface area contributed by atoms with Crippen molar-refractivity contribution in [3.8, 4) is 0 Å². The van der Waals surface area contributed by atoms with E-state index in [1.165, 1.54) is 0 Å². The Labute approximate surface area is 96.4 Å². The number of rotatable bonds is 5. The molecule has 1 aromatic rings. The van der Waals surface area contributed by atoms with Crippen LogP contribution in [0.5, 0.6) is 0 Å². The largest absolute Gasteiger partial charge is 0.389 e. The summed E-state index contributed by atoms with van der Waals surface area (Å²) in [6.07, 6.45) is -4.97. The Morgan fingerprint density at radius 3 is 2.69 bits per heavy atom. The summed E-state index contributed by atoms with van der Waals surface area (Å²) in [4.78, 5) is 3.94. The van der Waals surface area contributed by atoms with Gasteiger partial charge in [-0.15, -0.1) is 0 Å². The van der Waals surface area contributed by atoms with Crippen molar-refractivity contribution in [1.29, 1.82) is 0 Å². The van der Waals surface area contributed by atoms with Crippen LogP contribution in [0.1, 0.15) is 18.5 Å². The molecule has 0 atom stereocenters. The van der Waals surface area contributed by atoms with Gasteiger partial charge in [0.15, 0.2) is 0 Å². The maximum Gasteiger partial charge on any atom is 0.389 e. The Balaban J connectivity index is 2.17. The minimum Gasteiger partial charge on any atom is -0.375 e. The normalized spacial score (nSPS) is 11.8. The van der Waals surface area contributed by atoms with Gasteiger partial charge >= 0.3 is 6.18 Å². The molecule has 0 aliphatic heterocycles. The number of ether oxygens (including phenoxy) is 1. The lowest BCUT2D eigenvalue weighted by Gasteiger charge is -2.06.